The molecule has 0 unspecified atom stereocenters. The smallest absolute Gasteiger partial charge is 0.227 e. The van der Waals surface area contributed by atoms with Crippen molar-refractivity contribution in [2.45, 2.75) is 0 Å². The van der Waals surface area contributed by atoms with Crippen LogP contribution in [0.3, 0.4) is 0 Å². The molecule has 0 aliphatic heterocycles. The summed E-state index contributed by atoms with van der Waals surface area (Å²) in [5.74, 6) is 1.26. The molecule has 8 aromatic carbocycles. The topological polar surface area (TPSA) is 52.1 Å². The standard InChI is InChI=1S/C44H26N2O2/c1-3-11-34-32(9-1)36(27-17-21-29(22-18-27)43-45-38-13-5-7-15-40(38)47-43)25-31-26-37(33-10-2-4-12-35(33)42(31)34)28-19-23-30(24-20-28)44-46-39-14-6-8-16-41(39)48-44/h1-26H. The Bertz CT molecular complexity index is 2570. The predicted octanol–water partition coefficient (Wildman–Crippen LogP) is 12.1. The Morgan fingerprint density at radius 3 is 1.17 bits per heavy atom. The molecule has 4 heteroatoms. The number of para-hydroxylation sites is 4. The fourth-order valence-electron chi connectivity index (χ4n) is 7.03. The van der Waals surface area contributed by atoms with E-state index in [1.807, 2.05) is 48.5 Å². The van der Waals surface area contributed by atoms with Crippen molar-refractivity contribution >= 4 is 54.5 Å². The summed E-state index contributed by atoms with van der Waals surface area (Å²) in [5, 5.41) is 7.38. The normalized spacial score (nSPS) is 11.8. The van der Waals surface area contributed by atoms with E-state index in [4.69, 9.17) is 18.8 Å². The minimum atomic E-state index is 0.629. The van der Waals surface area contributed by atoms with Crippen molar-refractivity contribution in [3.63, 3.8) is 0 Å². The molecule has 2 heterocycles. The zero-order chi connectivity index (χ0) is 31.6. The molecule has 48 heavy (non-hydrogen) atoms. The van der Waals surface area contributed by atoms with Crippen LogP contribution in [0.15, 0.2) is 167 Å². The van der Waals surface area contributed by atoms with Gasteiger partial charge in [-0.05, 0) is 115 Å². The van der Waals surface area contributed by atoms with E-state index in [9.17, 15) is 0 Å². The van der Waals surface area contributed by atoms with Crippen molar-refractivity contribution in [1.82, 2.24) is 9.97 Å². The van der Waals surface area contributed by atoms with Crippen molar-refractivity contribution < 1.29 is 8.83 Å². The largest absolute Gasteiger partial charge is 0.436 e. The van der Waals surface area contributed by atoms with Crippen molar-refractivity contribution in [2.24, 2.45) is 0 Å². The van der Waals surface area contributed by atoms with Gasteiger partial charge in [-0.2, -0.15) is 0 Å². The fraction of sp³-hybridized carbons (Fsp3) is 0. The Morgan fingerprint density at radius 2 is 0.729 bits per heavy atom. The zero-order valence-electron chi connectivity index (χ0n) is 25.7. The maximum Gasteiger partial charge on any atom is 0.227 e. The quantitative estimate of drug-likeness (QED) is 0.185. The van der Waals surface area contributed by atoms with Crippen LogP contribution in [0.4, 0.5) is 0 Å². The maximum absolute atomic E-state index is 6.05. The third kappa shape index (κ3) is 4.24. The Morgan fingerprint density at radius 1 is 0.354 bits per heavy atom. The number of hydrogen-bond acceptors (Lipinski definition) is 4. The molecule has 0 atom stereocenters. The molecule has 0 aliphatic rings. The monoisotopic (exact) mass is 614 g/mol. The van der Waals surface area contributed by atoms with Gasteiger partial charge in [-0.25, -0.2) is 9.97 Å². The predicted molar refractivity (Wildman–Crippen MR) is 196 cm³/mol. The second-order valence-corrected chi connectivity index (χ2v) is 12.2. The lowest BCUT2D eigenvalue weighted by molar-refractivity contribution is 0.619. The van der Waals surface area contributed by atoms with Crippen LogP contribution in [0.5, 0.6) is 0 Å². The summed E-state index contributed by atoms with van der Waals surface area (Å²) in [6.07, 6.45) is 0. The highest BCUT2D eigenvalue weighted by Crippen LogP contribution is 2.42. The van der Waals surface area contributed by atoms with Crippen molar-refractivity contribution in [1.29, 1.82) is 0 Å². The van der Waals surface area contributed by atoms with Crippen molar-refractivity contribution in [3.8, 4) is 45.2 Å². The first-order valence-electron chi connectivity index (χ1n) is 16.1. The number of benzene rings is 8. The first-order chi connectivity index (χ1) is 23.8. The molecule has 4 nitrogen and oxygen atoms in total. The van der Waals surface area contributed by atoms with Gasteiger partial charge in [-0.3, -0.25) is 0 Å². The van der Waals surface area contributed by atoms with Crippen LogP contribution in [0.2, 0.25) is 0 Å². The molecule has 10 rings (SSSR count). The number of hydrogen-bond donors (Lipinski definition) is 0. The molecule has 0 radical (unpaired) electrons. The van der Waals surface area contributed by atoms with Crippen LogP contribution in [0, 0.1) is 0 Å². The minimum Gasteiger partial charge on any atom is -0.436 e. The number of rotatable bonds is 4. The van der Waals surface area contributed by atoms with Gasteiger partial charge >= 0.3 is 0 Å². The molecule has 0 bridgehead atoms. The Kier molecular flexibility index (Phi) is 5.84. The Hall–Kier alpha value is -6.52. The first kappa shape index (κ1) is 26.7. The summed E-state index contributed by atoms with van der Waals surface area (Å²) in [7, 11) is 0. The summed E-state index contributed by atoms with van der Waals surface area (Å²) in [5.41, 5.74) is 9.88. The summed E-state index contributed by atoms with van der Waals surface area (Å²) in [4.78, 5) is 9.40. The average Bonchev–Trinajstić information content (AvgIpc) is 3.79. The SMILES string of the molecule is c1ccc2oc(-c3ccc(-c4cc5cc(-c6ccc(-c7nc8ccccc8o7)cc6)c6ccccc6c5c5ccccc45)cc3)nc2c1. The number of fused-ring (bicyclic) bond motifs is 7. The fourth-order valence-corrected chi connectivity index (χ4v) is 7.03. The number of nitrogens with zero attached hydrogens (tertiary/aromatic N) is 2. The van der Waals surface area contributed by atoms with E-state index in [-0.39, 0.29) is 0 Å². The van der Waals surface area contributed by atoms with E-state index in [2.05, 4.69) is 109 Å². The van der Waals surface area contributed by atoms with Gasteiger partial charge in [0.2, 0.25) is 11.8 Å². The van der Waals surface area contributed by atoms with Crippen LogP contribution in [-0.2, 0) is 0 Å². The van der Waals surface area contributed by atoms with Gasteiger partial charge in [-0.15, -0.1) is 0 Å². The van der Waals surface area contributed by atoms with Gasteiger partial charge in [0.1, 0.15) is 11.0 Å². The summed E-state index contributed by atoms with van der Waals surface area (Å²) in [6, 6.07) is 55.0. The van der Waals surface area contributed by atoms with Crippen LogP contribution in [0.1, 0.15) is 0 Å². The molecule has 0 amide bonds. The lowest BCUT2D eigenvalue weighted by atomic mass is 9.87. The number of oxazole rings is 2. The van der Waals surface area contributed by atoms with Crippen LogP contribution in [0.25, 0.3) is 99.7 Å². The van der Waals surface area contributed by atoms with Crippen LogP contribution in [-0.4, -0.2) is 9.97 Å². The van der Waals surface area contributed by atoms with Gasteiger partial charge in [0.15, 0.2) is 11.2 Å². The molecule has 0 saturated heterocycles. The second kappa shape index (κ2) is 10.5. The van der Waals surface area contributed by atoms with Crippen molar-refractivity contribution in [2.75, 3.05) is 0 Å². The molecule has 2 aromatic heterocycles. The summed E-state index contributed by atoms with van der Waals surface area (Å²) < 4.78 is 12.1. The molecular weight excluding hydrogens is 588 g/mol. The van der Waals surface area contributed by atoms with E-state index in [0.717, 1.165) is 44.5 Å². The van der Waals surface area contributed by atoms with E-state index < -0.39 is 0 Å². The van der Waals surface area contributed by atoms with E-state index in [1.165, 1.54) is 43.4 Å². The maximum atomic E-state index is 6.05. The summed E-state index contributed by atoms with van der Waals surface area (Å²) in [6.45, 7) is 0. The lowest BCUT2D eigenvalue weighted by Crippen LogP contribution is -1.89. The van der Waals surface area contributed by atoms with Crippen LogP contribution >= 0.6 is 0 Å². The van der Waals surface area contributed by atoms with Crippen LogP contribution < -0.4 is 0 Å². The van der Waals surface area contributed by atoms with Gasteiger partial charge in [0, 0.05) is 11.1 Å². The van der Waals surface area contributed by atoms with Crippen molar-refractivity contribution in [3.05, 3.63) is 158 Å². The molecule has 0 spiro atoms. The zero-order valence-corrected chi connectivity index (χ0v) is 25.7. The Labute approximate surface area is 275 Å². The van der Waals surface area contributed by atoms with E-state index >= 15 is 0 Å². The highest BCUT2D eigenvalue weighted by Gasteiger charge is 2.16. The van der Waals surface area contributed by atoms with Gasteiger partial charge in [0.25, 0.3) is 0 Å². The molecule has 0 saturated carbocycles. The van der Waals surface area contributed by atoms with Gasteiger partial charge in [0.05, 0.1) is 0 Å². The molecular formula is C44H26N2O2. The Balaban J connectivity index is 1.12. The second-order valence-electron chi connectivity index (χ2n) is 12.2. The highest BCUT2D eigenvalue weighted by molar-refractivity contribution is 6.25. The third-order valence-corrected chi connectivity index (χ3v) is 9.33. The lowest BCUT2D eigenvalue weighted by Gasteiger charge is -2.16. The van der Waals surface area contributed by atoms with E-state index in [1.54, 1.807) is 0 Å². The molecule has 0 N–H and O–H groups in total. The van der Waals surface area contributed by atoms with Gasteiger partial charge in [-0.1, -0.05) is 97.1 Å². The summed E-state index contributed by atoms with van der Waals surface area (Å²) >= 11 is 0. The third-order valence-electron chi connectivity index (χ3n) is 9.33. The van der Waals surface area contributed by atoms with Gasteiger partial charge < -0.3 is 8.83 Å². The highest BCUT2D eigenvalue weighted by atomic mass is 16.4. The minimum absolute atomic E-state index is 0.629. The molecule has 10 aromatic rings. The first-order valence-corrected chi connectivity index (χ1v) is 16.1. The number of aromatic nitrogens is 2. The molecule has 0 fully saturated rings. The van der Waals surface area contributed by atoms with E-state index in [0.29, 0.717) is 11.8 Å². The molecule has 0 aliphatic carbocycles. The molecule has 224 valence electrons. The average molecular weight is 615 g/mol.